The first-order valence-corrected chi connectivity index (χ1v) is 10.9. The molecule has 0 fully saturated rings. The Balaban J connectivity index is 2.24. The van der Waals surface area contributed by atoms with Crippen LogP contribution >= 0.6 is 10.7 Å². The van der Waals surface area contributed by atoms with Gasteiger partial charge >= 0.3 is 0 Å². The van der Waals surface area contributed by atoms with Gasteiger partial charge in [-0.1, -0.05) is 20.3 Å². The lowest BCUT2D eigenvalue weighted by atomic mass is 10.1. The fourth-order valence-corrected chi connectivity index (χ4v) is 3.76. The Hall–Kier alpha value is -2.12. The molecule has 3 rings (SSSR count). The summed E-state index contributed by atoms with van der Waals surface area (Å²) >= 11 is 0. The van der Waals surface area contributed by atoms with Gasteiger partial charge < -0.3 is 14.3 Å². The minimum absolute atomic E-state index is 0.223. The average molecular weight is 408 g/mol. The molecule has 0 aliphatic heterocycles. The van der Waals surface area contributed by atoms with Gasteiger partial charge in [0.1, 0.15) is 27.1 Å². The van der Waals surface area contributed by atoms with E-state index in [1.54, 1.807) is 22.8 Å². The van der Waals surface area contributed by atoms with E-state index in [9.17, 15) is 9.00 Å². The third kappa shape index (κ3) is 3.94. The Morgan fingerprint density at radius 1 is 1.30 bits per heavy atom. The topological polar surface area (TPSA) is 77.0 Å². The molecule has 0 saturated heterocycles. The predicted molar refractivity (Wildman–Crippen MR) is 109 cm³/mol. The van der Waals surface area contributed by atoms with Gasteiger partial charge in [0.2, 0.25) is 0 Å². The fraction of sp³-hybridized carbons (Fsp3) is 0.368. The van der Waals surface area contributed by atoms with Crippen LogP contribution in [-0.2, 0) is 23.5 Å². The second kappa shape index (κ2) is 8.27. The van der Waals surface area contributed by atoms with Crippen molar-refractivity contribution in [2.75, 3.05) is 6.61 Å². The zero-order valence-corrected chi connectivity index (χ0v) is 17.1. The highest BCUT2D eigenvalue weighted by Crippen LogP contribution is 2.31. The molecule has 27 heavy (non-hydrogen) atoms. The minimum atomic E-state index is -1.67. The number of hydrogen-bond donors (Lipinski definition) is 1. The molecule has 0 amide bonds. The molecule has 0 aliphatic rings. The molecule has 1 unspecified atom stereocenters. The van der Waals surface area contributed by atoms with Crippen molar-refractivity contribution in [2.24, 2.45) is 7.05 Å². The highest BCUT2D eigenvalue weighted by atomic mass is 35.7. The van der Waals surface area contributed by atoms with E-state index in [2.05, 4.69) is 11.9 Å². The van der Waals surface area contributed by atoms with Gasteiger partial charge in [0.05, 0.1) is 22.6 Å². The molecule has 1 N–H and O–H groups in total. The number of hydrogen-bond acceptors (Lipinski definition) is 4. The summed E-state index contributed by atoms with van der Waals surface area (Å²) < 4.78 is 19.3. The van der Waals surface area contributed by atoms with Crippen LogP contribution in [0, 0.1) is 0 Å². The second-order valence-electron chi connectivity index (χ2n) is 6.36. The number of nitrogens with zero attached hydrogens (tertiary/aromatic N) is 2. The Kier molecular flexibility index (Phi) is 6.01. The Bertz CT molecular complexity index is 1060. The van der Waals surface area contributed by atoms with E-state index >= 15 is 0 Å². The lowest BCUT2D eigenvalue weighted by molar-refractivity contribution is 0.318. The summed E-state index contributed by atoms with van der Waals surface area (Å²) in [5, 5.41) is 0. The first-order valence-electron chi connectivity index (χ1n) is 8.89. The van der Waals surface area contributed by atoms with Gasteiger partial charge in [-0.25, -0.2) is 9.19 Å². The zero-order chi connectivity index (χ0) is 19.6. The maximum atomic E-state index is 12.7. The third-order valence-electron chi connectivity index (χ3n) is 4.27. The highest BCUT2D eigenvalue weighted by molar-refractivity contribution is 8.08. The molecule has 8 heteroatoms. The van der Waals surface area contributed by atoms with E-state index in [1.807, 2.05) is 20.2 Å². The largest absolute Gasteiger partial charge is 0.493 e. The van der Waals surface area contributed by atoms with Gasteiger partial charge in [-0.3, -0.25) is 4.79 Å². The van der Waals surface area contributed by atoms with Crippen LogP contribution in [0.3, 0.4) is 0 Å². The Morgan fingerprint density at radius 3 is 2.74 bits per heavy atom. The normalized spacial score (nSPS) is 12.4. The monoisotopic (exact) mass is 407 g/mol. The molecule has 6 nitrogen and oxygen atoms in total. The number of nitrogens with one attached hydrogen (secondary N) is 1. The van der Waals surface area contributed by atoms with Crippen molar-refractivity contribution in [3.8, 4) is 17.1 Å². The van der Waals surface area contributed by atoms with Crippen LogP contribution in [0.15, 0.2) is 34.1 Å². The van der Waals surface area contributed by atoms with E-state index in [0.717, 1.165) is 24.8 Å². The summed E-state index contributed by atoms with van der Waals surface area (Å²) in [6, 6.07) is 5.02. The number of aryl methyl sites for hydroxylation is 2. The average Bonchev–Trinajstić information content (AvgIpc) is 2.96. The third-order valence-corrected chi connectivity index (χ3v) is 5.43. The summed E-state index contributed by atoms with van der Waals surface area (Å²) in [7, 11) is 5.92. The number of fused-ring (bicyclic) bond motifs is 1. The SMILES string of the molecule is CCCOc1ccc(S(=O)Cl)cc1-c1nc2c(CCC)cn(C)c2c(=O)[nH]1. The molecule has 3 aromatic rings. The molecule has 1 aromatic carbocycles. The van der Waals surface area contributed by atoms with Gasteiger partial charge in [0, 0.05) is 13.2 Å². The van der Waals surface area contributed by atoms with Gasteiger partial charge in [0.15, 0.2) is 0 Å². The van der Waals surface area contributed by atoms with Crippen molar-refractivity contribution in [1.29, 1.82) is 0 Å². The molecule has 0 bridgehead atoms. The quantitative estimate of drug-likeness (QED) is 0.602. The number of aromatic nitrogens is 3. The molecule has 0 aliphatic carbocycles. The van der Waals surface area contributed by atoms with Gasteiger partial charge in [-0.05, 0) is 47.3 Å². The van der Waals surface area contributed by atoms with Gasteiger partial charge in [0.25, 0.3) is 5.56 Å². The van der Waals surface area contributed by atoms with Gasteiger partial charge in [-0.15, -0.1) is 0 Å². The Morgan fingerprint density at radius 2 is 2.07 bits per heavy atom. The van der Waals surface area contributed by atoms with E-state index < -0.39 is 10.0 Å². The van der Waals surface area contributed by atoms with Crippen LogP contribution in [0.1, 0.15) is 32.3 Å². The summed E-state index contributed by atoms with van der Waals surface area (Å²) in [5.74, 6) is 0.948. The van der Waals surface area contributed by atoms with Crippen molar-refractivity contribution < 1.29 is 8.95 Å². The molecule has 144 valence electrons. The molecular formula is C19H22ClN3O3S. The number of rotatable bonds is 7. The maximum absolute atomic E-state index is 12.7. The van der Waals surface area contributed by atoms with Crippen molar-refractivity contribution in [3.63, 3.8) is 0 Å². The van der Waals surface area contributed by atoms with Crippen LogP contribution in [0.4, 0.5) is 0 Å². The standard InChI is InChI=1S/C19H22ClN3O3S/c1-4-6-12-11-23(3)17-16(12)21-18(22-19(17)24)14-10-13(27(20)25)7-8-15(14)26-9-5-2/h7-8,10-11H,4-6,9H2,1-3H3,(H,21,22,24). The molecule has 2 heterocycles. The van der Waals surface area contributed by atoms with E-state index in [4.69, 9.17) is 20.4 Å². The summed E-state index contributed by atoms with van der Waals surface area (Å²) in [6.45, 7) is 4.62. The molecule has 2 aromatic heterocycles. The Labute approximate surface area is 164 Å². The number of benzene rings is 1. The number of H-pyrrole nitrogens is 1. The van der Waals surface area contributed by atoms with Crippen LogP contribution in [0.2, 0.25) is 0 Å². The van der Waals surface area contributed by atoms with Gasteiger partial charge in [-0.2, -0.15) is 0 Å². The van der Waals surface area contributed by atoms with Crippen molar-refractivity contribution in [1.82, 2.24) is 14.5 Å². The second-order valence-corrected chi connectivity index (χ2v) is 8.12. The predicted octanol–water partition coefficient (Wildman–Crippen LogP) is 3.93. The van der Waals surface area contributed by atoms with Crippen LogP contribution in [-0.4, -0.2) is 25.4 Å². The molecule has 0 saturated carbocycles. The fourth-order valence-electron chi connectivity index (χ4n) is 3.09. The summed E-state index contributed by atoms with van der Waals surface area (Å²) in [5.41, 5.74) is 2.58. The maximum Gasteiger partial charge on any atom is 0.275 e. The summed E-state index contributed by atoms with van der Waals surface area (Å²) in [6.07, 6.45) is 4.57. The lowest BCUT2D eigenvalue weighted by Crippen LogP contribution is -2.12. The van der Waals surface area contributed by atoms with Crippen LogP contribution < -0.4 is 10.3 Å². The number of aromatic amines is 1. The van der Waals surface area contributed by atoms with Crippen LogP contribution in [0.5, 0.6) is 5.75 Å². The summed E-state index contributed by atoms with van der Waals surface area (Å²) in [4.78, 5) is 20.7. The van der Waals surface area contributed by atoms with Crippen molar-refractivity contribution >= 4 is 31.7 Å². The van der Waals surface area contributed by atoms with E-state index in [0.29, 0.717) is 39.7 Å². The lowest BCUT2D eigenvalue weighted by Gasteiger charge is -2.12. The molecule has 1 atom stereocenters. The van der Waals surface area contributed by atoms with Crippen molar-refractivity contribution in [3.05, 3.63) is 40.3 Å². The van der Waals surface area contributed by atoms with E-state index in [1.165, 1.54) is 0 Å². The highest BCUT2D eigenvalue weighted by Gasteiger charge is 2.17. The zero-order valence-electron chi connectivity index (χ0n) is 15.5. The smallest absolute Gasteiger partial charge is 0.275 e. The van der Waals surface area contributed by atoms with Crippen LogP contribution in [0.25, 0.3) is 22.4 Å². The minimum Gasteiger partial charge on any atom is -0.493 e. The first kappa shape index (κ1) is 19.6. The molecule has 0 radical (unpaired) electrons. The van der Waals surface area contributed by atoms with Crippen molar-refractivity contribution in [2.45, 2.75) is 38.0 Å². The number of ether oxygens (including phenoxy) is 1. The van der Waals surface area contributed by atoms with E-state index in [-0.39, 0.29) is 5.56 Å². The number of halogens is 1. The molecule has 0 spiro atoms. The molecular weight excluding hydrogens is 386 g/mol. The first-order chi connectivity index (χ1) is 13.0.